The van der Waals surface area contributed by atoms with Crippen LogP contribution in [0.4, 0.5) is 5.00 Å². The maximum atomic E-state index is 11.7. The van der Waals surface area contributed by atoms with Gasteiger partial charge in [-0.05, 0) is 19.4 Å². The van der Waals surface area contributed by atoms with E-state index in [4.69, 9.17) is 0 Å². The number of aryl methyl sites for hydroxylation is 1. The van der Waals surface area contributed by atoms with Crippen molar-refractivity contribution in [3.63, 3.8) is 0 Å². The molecule has 0 atom stereocenters. The molecule has 3 nitrogen and oxygen atoms in total. The van der Waals surface area contributed by atoms with Crippen molar-refractivity contribution < 1.29 is 4.79 Å². The van der Waals surface area contributed by atoms with Gasteiger partial charge in [-0.15, -0.1) is 11.3 Å². The molecule has 19 heavy (non-hydrogen) atoms. The highest BCUT2D eigenvalue weighted by Gasteiger charge is 2.23. The number of hydrogen-bond donors (Lipinski definition) is 1. The molecular weight excluding hydrogens is 256 g/mol. The van der Waals surface area contributed by atoms with Crippen LogP contribution in [-0.2, 0) is 4.79 Å². The lowest BCUT2D eigenvalue weighted by atomic mass is 10.0. The average molecular weight is 270 g/mol. The number of rotatable bonds is 1. The molecule has 3 rings (SSSR count). The molecule has 0 saturated heterocycles. The Bertz CT molecular complexity index is 671. The van der Waals surface area contributed by atoms with Gasteiger partial charge in [0.05, 0.1) is 5.71 Å². The van der Waals surface area contributed by atoms with Gasteiger partial charge in [0.1, 0.15) is 11.5 Å². The number of thiophene rings is 1. The maximum Gasteiger partial charge on any atom is 0.246 e. The fourth-order valence-electron chi connectivity index (χ4n) is 2.23. The summed E-state index contributed by atoms with van der Waals surface area (Å²) >= 11 is 1.62. The molecule has 0 fully saturated rings. The van der Waals surface area contributed by atoms with E-state index in [2.05, 4.69) is 24.2 Å². The Labute approximate surface area is 116 Å². The Hall–Kier alpha value is -1.94. The third-order valence-corrected chi connectivity index (χ3v) is 4.43. The van der Waals surface area contributed by atoms with Gasteiger partial charge in [-0.2, -0.15) is 0 Å². The second-order valence-electron chi connectivity index (χ2n) is 4.57. The molecule has 2 aromatic rings. The van der Waals surface area contributed by atoms with Crippen molar-refractivity contribution in [2.75, 3.05) is 11.9 Å². The van der Waals surface area contributed by atoms with Crippen molar-refractivity contribution in [2.24, 2.45) is 4.99 Å². The standard InChI is InChI=1S/C15H14N2OS/c1-9-10(2)19-15-13(9)14(16-8-12(18)17-15)11-6-4-3-5-7-11/h3-7H,8H2,1-2H3,(H,17,18). The zero-order valence-corrected chi connectivity index (χ0v) is 11.7. The molecule has 1 aromatic carbocycles. The van der Waals surface area contributed by atoms with Gasteiger partial charge < -0.3 is 5.32 Å². The Kier molecular flexibility index (Phi) is 2.95. The number of nitrogens with zero attached hydrogens (tertiary/aromatic N) is 1. The van der Waals surface area contributed by atoms with E-state index in [9.17, 15) is 4.79 Å². The average Bonchev–Trinajstić information content (AvgIpc) is 2.60. The van der Waals surface area contributed by atoms with E-state index < -0.39 is 0 Å². The summed E-state index contributed by atoms with van der Waals surface area (Å²) in [4.78, 5) is 17.5. The van der Waals surface area contributed by atoms with Crippen LogP contribution in [0.2, 0.25) is 0 Å². The predicted molar refractivity (Wildman–Crippen MR) is 79.4 cm³/mol. The number of nitrogens with one attached hydrogen (secondary N) is 1. The van der Waals surface area contributed by atoms with Gasteiger partial charge in [-0.25, -0.2) is 0 Å². The lowest BCUT2D eigenvalue weighted by molar-refractivity contribution is -0.114. The SMILES string of the molecule is Cc1sc2c(c1C)C(c1ccccc1)=NCC(=O)N2. The van der Waals surface area contributed by atoms with Crippen molar-refractivity contribution in [1.29, 1.82) is 0 Å². The van der Waals surface area contributed by atoms with Gasteiger partial charge in [0.15, 0.2) is 0 Å². The van der Waals surface area contributed by atoms with Crippen LogP contribution in [0.25, 0.3) is 0 Å². The number of amides is 1. The summed E-state index contributed by atoms with van der Waals surface area (Å²) in [5.41, 5.74) is 4.24. The zero-order valence-electron chi connectivity index (χ0n) is 10.9. The fourth-order valence-corrected chi connectivity index (χ4v) is 3.31. The Morgan fingerprint density at radius 1 is 1.21 bits per heavy atom. The molecule has 0 radical (unpaired) electrons. The first-order valence-electron chi connectivity index (χ1n) is 6.17. The highest BCUT2D eigenvalue weighted by Crippen LogP contribution is 2.35. The van der Waals surface area contributed by atoms with Gasteiger partial charge in [-0.3, -0.25) is 9.79 Å². The molecule has 2 heterocycles. The number of carbonyl (C=O) groups is 1. The molecule has 4 heteroatoms. The molecule has 1 amide bonds. The molecule has 0 bridgehead atoms. The molecule has 1 aromatic heterocycles. The molecule has 0 spiro atoms. The molecule has 1 N–H and O–H groups in total. The number of anilines is 1. The topological polar surface area (TPSA) is 41.5 Å². The molecular formula is C15H14N2OS. The molecule has 0 unspecified atom stereocenters. The van der Waals surface area contributed by atoms with Gasteiger partial charge in [-0.1, -0.05) is 30.3 Å². The predicted octanol–water partition coefficient (Wildman–Crippen LogP) is 3.15. The summed E-state index contributed by atoms with van der Waals surface area (Å²) in [6, 6.07) is 10.0. The fraction of sp³-hybridized carbons (Fsp3) is 0.200. The minimum atomic E-state index is -0.0477. The summed E-state index contributed by atoms with van der Waals surface area (Å²) in [6.07, 6.45) is 0. The van der Waals surface area contributed by atoms with Crippen molar-refractivity contribution in [3.8, 4) is 0 Å². The van der Waals surface area contributed by atoms with Crippen LogP contribution in [0.1, 0.15) is 21.6 Å². The van der Waals surface area contributed by atoms with Crippen molar-refractivity contribution in [1.82, 2.24) is 0 Å². The molecule has 0 aliphatic carbocycles. The maximum absolute atomic E-state index is 11.7. The van der Waals surface area contributed by atoms with Gasteiger partial charge >= 0.3 is 0 Å². The smallest absolute Gasteiger partial charge is 0.246 e. The van der Waals surface area contributed by atoms with E-state index in [-0.39, 0.29) is 12.5 Å². The molecule has 1 aliphatic rings. The molecule has 1 aliphatic heterocycles. The summed E-state index contributed by atoms with van der Waals surface area (Å²) in [5, 5.41) is 3.87. The first-order valence-corrected chi connectivity index (χ1v) is 6.98. The third-order valence-electron chi connectivity index (χ3n) is 3.30. The van der Waals surface area contributed by atoms with E-state index in [1.165, 1.54) is 10.4 Å². The largest absolute Gasteiger partial charge is 0.316 e. The van der Waals surface area contributed by atoms with Crippen molar-refractivity contribution >= 4 is 28.0 Å². The lowest BCUT2D eigenvalue weighted by Gasteiger charge is -2.07. The lowest BCUT2D eigenvalue weighted by Crippen LogP contribution is -2.12. The van der Waals surface area contributed by atoms with Crippen molar-refractivity contribution in [2.45, 2.75) is 13.8 Å². The summed E-state index contributed by atoms with van der Waals surface area (Å²) in [7, 11) is 0. The third kappa shape index (κ3) is 2.08. The van der Waals surface area contributed by atoms with Crippen LogP contribution < -0.4 is 5.32 Å². The molecule has 0 saturated carbocycles. The summed E-state index contributed by atoms with van der Waals surface area (Å²) in [5.74, 6) is -0.0477. The van der Waals surface area contributed by atoms with Crippen LogP contribution in [-0.4, -0.2) is 18.2 Å². The number of benzene rings is 1. The zero-order chi connectivity index (χ0) is 13.4. The molecule has 96 valence electrons. The number of fused-ring (bicyclic) bond motifs is 1. The minimum absolute atomic E-state index is 0.0477. The summed E-state index contributed by atoms with van der Waals surface area (Å²) < 4.78 is 0. The van der Waals surface area contributed by atoms with Crippen LogP contribution >= 0.6 is 11.3 Å². The van der Waals surface area contributed by atoms with Crippen LogP contribution in [0, 0.1) is 13.8 Å². The summed E-state index contributed by atoms with van der Waals surface area (Å²) in [6.45, 7) is 4.34. The minimum Gasteiger partial charge on any atom is -0.316 e. The Morgan fingerprint density at radius 3 is 2.68 bits per heavy atom. The highest BCUT2D eigenvalue weighted by molar-refractivity contribution is 7.17. The normalized spacial score (nSPS) is 14.4. The highest BCUT2D eigenvalue weighted by atomic mass is 32.1. The van der Waals surface area contributed by atoms with Crippen LogP contribution in [0.15, 0.2) is 35.3 Å². The van der Waals surface area contributed by atoms with Crippen LogP contribution in [0.5, 0.6) is 0 Å². The second-order valence-corrected chi connectivity index (χ2v) is 5.79. The number of carbonyl (C=O) groups excluding carboxylic acids is 1. The van der Waals surface area contributed by atoms with Crippen molar-refractivity contribution in [3.05, 3.63) is 51.9 Å². The Morgan fingerprint density at radius 2 is 1.95 bits per heavy atom. The Balaban J connectivity index is 2.23. The van der Waals surface area contributed by atoms with Crippen LogP contribution in [0.3, 0.4) is 0 Å². The van der Waals surface area contributed by atoms with Gasteiger partial charge in [0.25, 0.3) is 0 Å². The van der Waals surface area contributed by atoms with E-state index in [0.717, 1.165) is 21.8 Å². The van der Waals surface area contributed by atoms with E-state index in [1.807, 2.05) is 30.3 Å². The second kappa shape index (κ2) is 4.63. The monoisotopic (exact) mass is 270 g/mol. The van der Waals surface area contributed by atoms with E-state index >= 15 is 0 Å². The van der Waals surface area contributed by atoms with Gasteiger partial charge in [0, 0.05) is 16.0 Å². The van der Waals surface area contributed by atoms with E-state index in [0.29, 0.717) is 0 Å². The van der Waals surface area contributed by atoms with E-state index in [1.54, 1.807) is 11.3 Å². The van der Waals surface area contributed by atoms with Gasteiger partial charge in [0.2, 0.25) is 5.91 Å². The number of aliphatic imine (C=N–C) groups is 1. The quantitative estimate of drug-likeness (QED) is 0.849. The number of hydrogen-bond acceptors (Lipinski definition) is 3. The first kappa shape index (κ1) is 12.1. The first-order chi connectivity index (χ1) is 9.16.